The van der Waals surface area contributed by atoms with E-state index < -0.39 is 21.7 Å². The Kier molecular flexibility index (Phi) is 7.30. The number of anilines is 1. The summed E-state index contributed by atoms with van der Waals surface area (Å²) in [6.45, 7) is 1.64. The van der Waals surface area contributed by atoms with Gasteiger partial charge < -0.3 is 14.8 Å². The Morgan fingerprint density at radius 1 is 1.27 bits per heavy atom. The molecule has 2 aromatic carbocycles. The fourth-order valence-corrected chi connectivity index (χ4v) is 4.00. The van der Waals surface area contributed by atoms with Crippen LogP contribution in [0.2, 0.25) is 5.02 Å². The third-order valence-corrected chi connectivity index (χ3v) is 6.09. The number of carbonyl (C=O) groups is 1. The summed E-state index contributed by atoms with van der Waals surface area (Å²) in [4.78, 5) is 12.1. The van der Waals surface area contributed by atoms with Gasteiger partial charge in [0.25, 0.3) is 0 Å². The Balaban J connectivity index is 1.72. The Labute approximate surface area is 179 Å². The summed E-state index contributed by atoms with van der Waals surface area (Å²) >= 11 is 5.87. The van der Waals surface area contributed by atoms with Gasteiger partial charge in [-0.15, -0.1) is 0 Å². The summed E-state index contributed by atoms with van der Waals surface area (Å²) in [6.07, 6.45) is 1.49. The van der Waals surface area contributed by atoms with Crippen molar-refractivity contribution in [2.45, 2.75) is 24.2 Å². The van der Waals surface area contributed by atoms with E-state index in [4.69, 9.17) is 26.2 Å². The van der Waals surface area contributed by atoms with Crippen molar-refractivity contribution in [3.8, 4) is 5.75 Å². The van der Waals surface area contributed by atoms with Crippen LogP contribution in [-0.4, -0.2) is 34.1 Å². The van der Waals surface area contributed by atoms with Crippen LogP contribution in [0.25, 0.3) is 0 Å². The van der Waals surface area contributed by atoms with E-state index in [0.29, 0.717) is 25.4 Å². The SMILES string of the molecule is NS(=O)(=O)c1cc(NC(=O)Cc2cccc(F)c2Cl)ccc1OCC1CCOCC1. The number of rotatable bonds is 7. The molecule has 3 rings (SSSR count). The predicted molar refractivity (Wildman–Crippen MR) is 111 cm³/mol. The van der Waals surface area contributed by atoms with Gasteiger partial charge >= 0.3 is 0 Å². The molecular formula is C20H22ClFN2O5S. The predicted octanol–water partition coefficient (Wildman–Crippen LogP) is 3.11. The molecule has 1 aliphatic heterocycles. The highest BCUT2D eigenvalue weighted by Gasteiger charge is 2.20. The van der Waals surface area contributed by atoms with E-state index in [0.717, 1.165) is 12.8 Å². The third-order valence-electron chi connectivity index (χ3n) is 4.73. The number of hydrogen-bond donors (Lipinski definition) is 2. The van der Waals surface area contributed by atoms with Crippen LogP contribution in [0.1, 0.15) is 18.4 Å². The van der Waals surface area contributed by atoms with Crippen molar-refractivity contribution in [2.75, 3.05) is 25.1 Å². The summed E-state index contributed by atoms with van der Waals surface area (Å²) in [5.41, 5.74) is 0.534. The molecule has 3 N–H and O–H groups in total. The van der Waals surface area contributed by atoms with Gasteiger partial charge in [-0.05, 0) is 48.6 Å². The van der Waals surface area contributed by atoms with Crippen LogP contribution >= 0.6 is 11.6 Å². The van der Waals surface area contributed by atoms with Crippen LogP contribution in [0.15, 0.2) is 41.3 Å². The molecule has 2 aromatic rings. The zero-order valence-electron chi connectivity index (χ0n) is 16.1. The molecule has 0 bridgehead atoms. The van der Waals surface area contributed by atoms with Gasteiger partial charge in [0.1, 0.15) is 16.5 Å². The van der Waals surface area contributed by atoms with Crippen LogP contribution in [0.5, 0.6) is 5.75 Å². The number of benzene rings is 2. The Morgan fingerprint density at radius 3 is 2.70 bits per heavy atom. The molecule has 10 heteroatoms. The summed E-state index contributed by atoms with van der Waals surface area (Å²) in [5, 5.41) is 7.77. The van der Waals surface area contributed by atoms with Gasteiger partial charge in [-0.25, -0.2) is 17.9 Å². The molecule has 0 unspecified atom stereocenters. The first-order valence-electron chi connectivity index (χ1n) is 9.34. The van der Waals surface area contributed by atoms with E-state index >= 15 is 0 Å². The van der Waals surface area contributed by atoms with Crippen molar-refractivity contribution in [3.05, 3.63) is 52.8 Å². The molecule has 0 aliphatic carbocycles. The number of primary sulfonamides is 1. The number of halogens is 2. The molecule has 1 amide bonds. The standard InChI is InChI=1S/C20H22ClFN2O5S/c21-20-14(2-1-3-16(20)22)10-19(25)24-15-4-5-17(18(11-15)30(23,26)27)29-12-13-6-8-28-9-7-13/h1-5,11,13H,6-10,12H2,(H,24,25)(H2,23,26,27). The zero-order valence-corrected chi connectivity index (χ0v) is 17.6. The van der Waals surface area contributed by atoms with Gasteiger partial charge in [0.2, 0.25) is 15.9 Å². The van der Waals surface area contributed by atoms with E-state index in [1.54, 1.807) is 0 Å². The van der Waals surface area contributed by atoms with Crippen molar-refractivity contribution >= 4 is 33.2 Å². The monoisotopic (exact) mass is 456 g/mol. The maximum Gasteiger partial charge on any atom is 0.241 e. The largest absolute Gasteiger partial charge is 0.492 e. The van der Waals surface area contributed by atoms with Gasteiger partial charge in [-0.2, -0.15) is 0 Å². The highest BCUT2D eigenvalue weighted by atomic mass is 35.5. The molecule has 0 atom stereocenters. The summed E-state index contributed by atoms with van der Waals surface area (Å²) in [5.74, 6) is -0.721. The molecule has 1 aliphatic rings. The molecule has 0 saturated carbocycles. The first-order valence-corrected chi connectivity index (χ1v) is 11.3. The maximum absolute atomic E-state index is 13.5. The lowest BCUT2D eigenvalue weighted by Crippen LogP contribution is -2.22. The third kappa shape index (κ3) is 5.91. The fourth-order valence-electron chi connectivity index (χ4n) is 3.11. The molecule has 0 radical (unpaired) electrons. The molecule has 0 spiro atoms. The van der Waals surface area contributed by atoms with Crippen molar-refractivity contribution in [3.63, 3.8) is 0 Å². The minimum absolute atomic E-state index is 0.121. The summed E-state index contributed by atoms with van der Waals surface area (Å²) < 4.78 is 48.6. The van der Waals surface area contributed by atoms with E-state index in [-0.39, 0.29) is 33.7 Å². The molecule has 7 nitrogen and oxygen atoms in total. The summed E-state index contributed by atoms with van der Waals surface area (Å²) in [6, 6.07) is 8.38. The van der Waals surface area contributed by atoms with Gasteiger partial charge in [-0.1, -0.05) is 23.7 Å². The van der Waals surface area contributed by atoms with Crippen molar-refractivity contribution in [1.82, 2.24) is 0 Å². The van der Waals surface area contributed by atoms with Gasteiger partial charge in [0.15, 0.2) is 0 Å². The number of hydrogen-bond acceptors (Lipinski definition) is 5. The van der Waals surface area contributed by atoms with E-state index in [9.17, 15) is 17.6 Å². The molecule has 1 fully saturated rings. The number of nitrogens with one attached hydrogen (secondary N) is 1. The second-order valence-electron chi connectivity index (χ2n) is 7.01. The van der Waals surface area contributed by atoms with E-state index in [2.05, 4.69) is 5.32 Å². The minimum Gasteiger partial charge on any atom is -0.492 e. The minimum atomic E-state index is -4.09. The Hall–Kier alpha value is -2.20. The highest BCUT2D eigenvalue weighted by Crippen LogP contribution is 2.28. The van der Waals surface area contributed by atoms with E-state index in [1.165, 1.54) is 36.4 Å². The average Bonchev–Trinajstić information content (AvgIpc) is 2.70. The van der Waals surface area contributed by atoms with Crippen LogP contribution in [0.4, 0.5) is 10.1 Å². The lowest BCUT2D eigenvalue weighted by Gasteiger charge is -2.22. The number of amides is 1. The van der Waals surface area contributed by atoms with E-state index in [1.807, 2.05) is 0 Å². The number of sulfonamides is 1. The molecule has 162 valence electrons. The number of nitrogens with two attached hydrogens (primary N) is 1. The lowest BCUT2D eigenvalue weighted by atomic mass is 10.0. The summed E-state index contributed by atoms with van der Waals surface area (Å²) in [7, 11) is -4.09. The van der Waals surface area contributed by atoms with Crippen LogP contribution in [0.3, 0.4) is 0 Å². The van der Waals surface area contributed by atoms with Gasteiger partial charge in [0, 0.05) is 18.9 Å². The quantitative estimate of drug-likeness (QED) is 0.665. The van der Waals surface area contributed by atoms with Gasteiger partial charge in [0.05, 0.1) is 18.1 Å². The molecule has 1 saturated heterocycles. The fraction of sp³-hybridized carbons (Fsp3) is 0.350. The Bertz CT molecular complexity index is 1030. The molecular weight excluding hydrogens is 435 g/mol. The van der Waals surface area contributed by atoms with Crippen LogP contribution in [0, 0.1) is 11.7 Å². The Morgan fingerprint density at radius 2 is 2.00 bits per heavy atom. The van der Waals surface area contributed by atoms with Crippen LogP contribution in [-0.2, 0) is 26.0 Å². The zero-order chi connectivity index (χ0) is 21.7. The first kappa shape index (κ1) is 22.5. The lowest BCUT2D eigenvalue weighted by molar-refractivity contribution is -0.115. The number of carbonyl (C=O) groups excluding carboxylic acids is 1. The highest BCUT2D eigenvalue weighted by molar-refractivity contribution is 7.89. The first-order chi connectivity index (χ1) is 14.2. The molecule has 0 aromatic heterocycles. The van der Waals surface area contributed by atoms with Crippen molar-refractivity contribution in [2.24, 2.45) is 11.1 Å². The van der Waals surface area contributed by atoms with Crippen LogP contribution < -0.4 is 15.2 Å². The van der Waals surface area contributed by atoms with Gasteiger partial charge in [-0.3, -0.25) is 4.79 Å². The van der Waals surface area contributed by atoms with Crippen molar-refractivity contribution in [1.29, 1.82) is 0 Å². The van der Waals surface area contributed by atoms with Crippen molar-refractivity contribution < 1.29 is 27.1 Å². The smallest absolute Gasteiger partial charge is 0.241 e. The average molecular weight is 457 g/mol. The second-order valence-corrected chi connectivity index (χ2v) is 8.92. The molecule has 1 heterocycles. The topological polar surface area (TPSA) is 108 Å². The second kappa shape index (κ2) is 9.74. The number of ether oxygens (including phenoxy) is 2. The maximum atomic E-state index is 13.5. The normalized spacial score (nSPS) is 15.0. The molecule has 30 heavy (non-hydrogen) atoms.